The van der Waals surface area contributed by atoms with E-state index in [9.17, 15) is 21.1 Å². The molecular weight excluding hydrogens is 620 g/mol. The molecule has 3 N–H and O–H groups in total. The third kappa shape index (κ3) is 7.50. The van der Waals surface area contributed by atoms with Crippen LogP contribution < -0.4 is 10.0 Å². The first-order valence-corrected chi connectivity index (χ1v) is 17.5. The Bertz CT molecular complexity index is 1820. The zero-order valence-electron chi connectivity index (χ0n) is 30.5. The average Bonchev–Trinajstić information content (AvgIpc) is 3.57. The van der Waals surface area contributed by atoms with Crippen LogP contribution in [-0.2, 0) is 37.4 Å². The molecular formula is C35H48N4O7S. The second kappa shape index (κ2) is 14.5. The number of hydrogen-bond donors (Lipinski definition) is 3. The van der Waals surface area contributed by atoms with Crippen LogP contribution in [-0.4, -0.2) is 54.0 Å². The van der Waals surface area contributed by atoms with Gasteiger partial charge in [-0.3, -0.25) is 4.72 Å². The van der Waals surface area contributed by atoms with Gasteiger partial charge in [0.2, 0.25) is 0 Å². The minimum absolute atomic E-state index is 0.0115. The number of nitrogens with zero attached hydrogens (tertiary/aromatic N) is 2. The van der Waals surface area contributed by atoms with Gasteiger partial charge in [0.25, 0.3) is 10.0 Å². The predicted molar refractivity (Wildman–Crippen MR) is 181 cm³/mol. The SMILES string of the molecule is [2H]C([2H])(c1ccc(-c2ccccc2S(=O)(=O)Nc2noc(C)c2C)c(COCC)c1)N1C(C(=O)OCC)=C(C(C)(C)O)NC1(CC)CCC. The lowest BCUT2D eigenvalue weighted by atomic mass is 9.95. The van der Waals surface area contributed by atoms with Crippen molar-refractivity contribution < 1.29 is 35.1 Å². The summed E-state index contributed by atoms with van der Waals surface area (Å²) in [7, 11) is -4.14. The monoisotopic (exact) mass is 670 g/mol. The largest absolute Gasteiger partial charge is 0.461 e. The fourth-order valence-electron chi connectivity index (χ4n) is 5.69. The lowest BCUT2D eigenvalue weighted by Crippen LogP contribution is -2.53. The molecule has 1 unspecified atom stereocenters. The molecule has 0 saturated heterocycles. The number of nitrogens with one attached hydrogen (secondary N) is 2. The summed E-state index contributed by atoms with van der Waals surface area (Å²) >= 11 is 0. The average molecular weight is 671 g/mol. The van der Waals surface area contributed by atoms with Crippen molar-refractivity contribution in [3.05, 3.63) is 76.3 Å². The molecule has 3 aromatic rings. The van der Waals surface area contributed by atoms with Crippen LogP contribution in [0.2, 0.25) is 0 Å². The molecule has 1 aromatic heterocycles. The van der Waals surface area contributed by atoms with Crippen molar-refractivity contribution >= 4 is 21.8 Å². The molecule has 0 fully saturated rings. The first-order chi connectivity index (χ1) is 23.0. The lowest BCUT2D eigenvalue weighted by molar-refractivity contribution is -0.141. The molecule has 0 bridgehead atoms. The Morgan fingerprint density at radius 3 is 2.45 bits per heavy atom. The third-order valence-electron chi connectivity index (χ3n) is 8.24. The van der Waals surface area contributed by atoms with Crippen LogP contribution in [0.25, 0.3) is 11.1 Å². The summed E-state index contributed by atoms with van der Waals surface area (Å²) in [5.41, 5.74) is -0.280. The molecule has 12 heteroatoms. The van der Waals surface area contributed by atoms with E-state index in [0.29, 0.717) is 53.9 Å². The number of carbonyl (C=O) groups is 1. The van der Waals surface area contributed by atoms with Crippen LogP contribution in [0.3, 0.4) is 0 Å². The number of sulfonamides is 1. The third-order valence-corrected chi connectivity index (χ3v) is 9.64. The van der Waals surface area contributed by atoms with Gasteiger partial charge in [0.1, 0.15) is 22.7 Å². The van der Waals surface area contributed by atoms with E-state index in [2.05, 4.69) is 15.2 Å². The lowest BCUT2D eigenvalue weighted by Gasteiger charge is -2.41. The molecule has 256 valence electrons. The summed E-state index contributed by atoms with van der Waals surface area (Å²) in [6, 6.07) is 11.4. The summed E-state index contributed by atoms with van der Waals surface area (Å²) in [5.74, 6) is -0.172. The highest BCUT2D eigenvalue weighted by molar-refractivity contribution is 7.92. The van der Waals surface area contributed by atoms with Crippen LogP contribution in [0, 0.1) is 13.8 Å². The van der Waals surface area contributed by atoms with Crippen LogP contribution in [0.4, 0.5) is 5.82 Å². The van der Waals surface area contributed by atoms with Gasteiger partial charge in [0, 0.05) is 24.2 Å². The van der Waals surface area contributed by atoms with Crippen molar-refractivity contribution in [1.82, 2.24) is 15.4 Å². The molecule has 11 nitrogen and oxygen atoms in total. The zero-order chi connectivity index (χ0) is 36.4. The van der Waals surface area contributed by atoms with Gasteiger partial charge in [0.15, 0.2) is 5.82 Å². The molecule has 0 amide bonds. The topological polar surface area (TPSA) is 143 Å². The van der Waals surface area contributed by atoms with E-state index >= 15 is 0 Å². The van der Waals surface area contributed by atoms with Gasteiger partial charge in [-0.25, -0.2) is 13.2 Å². The number of aliphatic hydroxyl groups is 1. The summed E-state index contributed by atoms with van der Waals surface area (Å²) in [6.45, 7) is 12.0. The maximum absolute atomic E-state index is 13.7. The van der Waals surface area contributed by atoms with Gasteiger partial charge in [-0.1, -0.05) is 61.8 Å². The normalized spacial score (nSPS) is 17.8. The predicted octanol–water partition coefficient (Wildman–Crippen LogP) is 6.15. The van der Waals surface area contributed by atoms with Crippen LogP contribution in [0.5, 0.6) is 0 Å². The number of anilines is 1. The van der Waals surface area contributed by atoms with Crippen molar-refractivity contribution in [3.8, 4) is 11.1 Å². The van der Waals surface area contributed by atoms with E-state index in [1.165, 1.54) is 11.0 Å². The van der Waals surface area contributed by atoms with E-state index in [1.54, 1.807) is 71.0 Å². The molecule has 0 aliphatic carbocycles. The maximum Gasteiger partial charge on any atom is 0.356 e. The summed E-state index contributed by atoms with van der Waals surface area (Å²) in [4.78, 5) is 15.0. The van der Waals surface area contributed by atoms with Gasteiger partial charge in [-0.15, -0.1) is 0 Å². The van der Waals surface area contributed by atoms with E-state index in [1.807, 2.05) is 20.8 Å². The molecule has 1 aliphatic rings. The number of carbonyl (C=O) groups excluding carboxylic acids is 1. The van der Waals surface area contributed by atoms with Crippen molar-refractivity contribution in [2.24, 2.45) is 0 Å². The van der Waals surface area contributed by atoms with Gasteiger partial charge >= 0.3 is 5.97 Å². The summed E-state index contributed by atoms with van der Waals surface area (Å²) in [5, 5.41) is 18.4. The van der Waals surface area contributed by atoms with E-state index in [-0.39, 0.29) is 40.9 Å². The van der Waals surface area contributed by atoms with Crippen molar-refractivity contribution in [2.75, 3.05) is 17.9 Å². The molecule has 1 atom stereocenters. The molecule has 2 heterocycles. The molecule has 0 radical (unpaired) electrons. The standard InChI is InChI=1S/C35H48N4O7S/c1-9-19-35(10-2)36-31(34(7,8)41)30(33(40)45-12-4)39(35)21-25-17-18-27(26(20-25)22-44-11-3)28-15-13-14-16-29(28)47(42,43)38-32-23(5)24(6)46-37-32/h13-18,20,36,41H,9-12,19,21-22H2,1-8H3,(H,37,38)/i21D2. The highest BCUT2D eigenvalue weighted by atomic mass is 32.2. The Hall–Kier alpha value is -3.87. The Morgan fingerprint density at radius 1 is 1.13 bits per heavy atom. The fourth-order valence-corrected chi connectivity index (χ4v) is 6.97. The smallest absolute Gasteiger partial charge is 0.356 e. The number of aromatic nitrogens is 1. The van der Waals surface area contributed by atoms with E-state index in [4.69, 9.17) is 14.0 Å². The zero-order valence-corrected chi connectivity index (χ0v) is 29.3. The van der Waals surface area contributed by atoms with Crippen molar-refractivity contribution in [2.45, 2.75) is 104 Å². The number of hydrogen-bond acceptors (Lipinski definition) is 10. The second-order valence-corrected chi connectivity index (χ2v) is 13.7. The number of rotatable bonds is 15. The number of benzene rings is 2. The van der Waals surface area contributed by atoms with Crippen LogP contribution in [0.1, 0.15) is 86.0 Å². The van der Waals surface area contributed by atoms with Gasteiger partial charge in [0.05, 0.1) is 26.5 Å². The first-order valence-electron chi connectivity index (χ1n) is 17.0. The number of aryl methyl sites for hydroxylation is 1. The number of ether oxygens (including phenoxy) is 2. The Kier molecular flexibility index (Phi) is 10.2. The molecule has 47 heavy (non-hydrogen) atoms. The molecule has 1 aliphatic heterocycles. The molecule has 2 aromatic carbocycles. The highest BCUT2D eigenvalue weighted by Gasteiger charge is 2.49. The molecule has 0 spiro atoms. The van der Waals surface area contributed by atoms with Gasteiger partial charge in [-0.05, 0) is 77.1 Å². The van der Waals surface area contributed by atoms with Crippen LogP contribution in [0.15, 0.2) is 63.3 Å². The van der Waals surface area contributed by atoms with Crippen molar-refractivity contribution in [3.63, 3.8) is 0 Å². The van der Waals surface area contributed by atoms with Crippen molar-refractivity contribution in [1.29, 1.82) is 0 Å². The minimum atomic E-state index is -4.14. The maximum atomic E-state index is 13.7. The van der Waals surface area contributed by atoms with Crippen LogP contribution >= 0.6 is 0 Å². The first kappa shape index (κ1) is 33.0. The highest BCUT2D eigenvalue weighted by Crippen LogP contribution is 2.41. The number of esters is 1. The second-order valence-electron chi connectivity index (χ2n) is 12.0. The molecule has 0 saturated carbocycles. The fraction of sp³-hybridized carbons (Fsp3) is 0.486. The molecule has 4 rings (SSSR count). The van der Waals surface area contributed by atoms with Gasteiger partial charge < -0.3 is 29.3 Å². The summed E-state index contributed by atoms with van der Waals surface area (Å²) in [6.07, 6.45) is 1.51. The van der Waals surface area contributed by atoms with Gasteiger partial charge in [-0.2, -0.15) is 0 Å². The van der Waals surface area contributed by atoms with E-state index < -0.39 is 33.8 Å². The summed E-state index contributed by atoms with van der Waals surface area (Å²) < 4.78 is 65.7. The Labute approximate surface area is 281 Å². The van der Waals surface area contributed by atoms with E-state index in [0.717, 1.165) is 0 Å². The minimum Gasteiger partial charge on any atom is -0.461 e. The quantitative estimate of drug-likeness (QED) is 0.161. The Balaban J connectivity index is 1.92. The Morgan fingerprint density at radius 2 is 1.85 bits per heavy atom.